The number of rotatable bonds is 3. The van der Waals surface area contributed by atoms with E-state index in [0.29, 0.717) is 0 Å². The van der Waals surface area contributed by atoms with Crippen LogP contribution in [0.25, 0.3) is 88.5 Å². The second-order valence-electron chi connectivity index (χ2n) is 15.2. The smallest absolute Gasteiger partial charge is 0.0963 e. The van der Waals surface area contributed by atoms with Gasteiger partial charge in [-0.05, 0) is 116 Å². The van der Waals surface area contributed by atoms with Crippen LogP contribution >= 0.6 is 0 Å². The minimum absolute atomic E-state index is 0.412. The maximum atomic E-state index is 5.00. The maximum Gasteiger partial charge on any atom is 0.0963 e. The van der Waals surface area contributed by atoms with Crippen LogP contribution in [0, 0.1) is 0 Å². The SMILES string of the molecule is c1ccc2c(c1)-c1ccccc1C21c2ccccc2-c2cc3c4ncccc4n(-c4ccc(-c5ccc(-n6c7ccncc7c7cnccc76)cc5)cc4)c3cc21. The van der Waals surface area contributed by atoms with Crippen LogP contribution in [0.3, 0.4) is 0 Å². The van der Waals surface area contributed by atoms with E-state index in [1.54, 1.807) is 0 Å². The first kappa shape index (κ1) is 30.7. The summed E-state index contributed by atoms with van der Waals surface area (Å²) < 4.78 is 4.69. The Morgan fingerprint density at radius 3 is 1.44 bits per heavy atom. The predicted octanol–water partition coefficient (Wildman–Crippen LogP) is 12.1. The summed E-state index contributed by atoms with van der Waals surface area (Å²) in [6.45, 7) is 0. The molecule has 2 aliphatic carbocycles. The quantitative estimate of drug-likeness (QED) is 0.182. The molecular weight excluding hydrogens is 695 g/mol. The van der Waals surface area contributed by atoms with Crippen LogP contribution in [0.5, 0.6) is 0 Å². The minimum atomic E-state index is -0.412. The summed E-state index contributed by atoms with van der Waals surface area (Å²) >= 11 is 0. The molecule has 0 unspecified atom stereocenters. The fourth-order valence-electron chi connectivity index (χ4n) is 10.3. The Labute approximate surface area is 327 Å². The molecule has 0 fully saturated rings. The summed E-state index contributed by atoms with van der Waals surface area (Å²) in [4.78, 5) is 13.8. The van der Waals surface area contributed by atoms with Gasteiger partial charge in [0, 0.05) is 58.5 Å². The number of hydrogen-bond donors (Lipinski definition) is 0. The van der Waals surface area contributed by atoms with Gasteiger partial charge in [0.15, 0.2) is 0 Å². The summed E-state index contributed by atoms with van der Waals surface area (Å²) in [5.74, 6) is 0. The first-order valence-electron chi connectivity index (χ1n) is 19.4. The first-order chi connectivity index (χ1) is 28.3. The topological polar surface area (TPSA) is 48.5 Å². The summed E-state index contributed by atoms with van der Waals surface area (Å²) in [6, 6.07) is 58.1. The third kappa shape index (κ3) is 3.94. The van der Waals surface area contributed by atoms with E-state index < -0.39 is 5.41 Å². The van der Waals surface area contributed by atoms with Gasteiger partial charge in [0.05, 0.1) is 33.0 Å². The van der Waals surface area contributed by atoms with E-state index in [0.717, 1.165) is 66.2 Å². The van der Waals surface area contributed by atoms with Crippen molar-refractivity contribution in [3.63, 3.8) is 0 Å². The molecule has 0 aliphatic heterocycles. The average Bonchev–Trinajstić information content (AvgIpc) is 3.98. The molecule has 5 aromatic heterocycles. The molecular formula is C52H31N5. The fraction of sp³-hybridized carbons (Fsp3) is 0.0192. The van der Waals surface area contributed by atoms with Gasteiger partial charge in [0.2, 0.25) is 0 Å². The molecule has 11 aromatic rings. The molecule has 5 heterocycles. The molecule has 0 saturated heterocycles. The molecule has 5 heteroatoms. The van der Waals surface area contributed by atoms with Crippen molar-refractivity contribution in [2.75, 3.05) is 0 Å². The molecule has 57 heavy (non-hydrogen) atoms. The fourth-order valence-corrected chi connectivity index (χ4v) is 10.3. The van der Waals surface area contributed by atoms with Gasteiger partial charge >= 0.3 is 0 Å². The Morgan fingerprint density at radius 2 is 0.877 bits per heavy atom. The number of hydrogen-bond acceptors (Lipinski definition) is 3. The van der Waals surface area contributed by atoms with E-state index in [-0.39, 0.29) is 0 Å². The van der Waals surface area contributed by atoms with Crippen LogP contribution in [0.2, 0.25) is 0 Å². The summed E-state index contributed by atoms with van der Waals surface area (Å²) in [7, 11) is 0. The average molecular weight is 726 g/mol. The zero-order valence-electron chi connectivity index (χ0n) is 30.6. The van der Waals surface area contributed by atoms with E-state index in [1.807, 2.05) is 37.1 Å². The van der Waals surface area contributed by atoms with Crippen molar-refractivity contribution in [3.05, 3.63) is 211 Å². The monoisotopic (exact) mass is 725 g/mol. The molecule has 0 radical (unpaired) electrons. The lowest BCUT2D eigenvalue weighted by Gasteiger charge is -2.30. The number of pyridine rings is 3. The van der Waals surface area contributed by atoms with Gasteiger partial charge in [-0.2, -0.15) is 0 Å². The van der Waals surface area contributed by atoms with Gasteiger partial charge in [-0.3, -0.25) is 15.0 Å². The molecule has 13 rings (SSSR count). The lowest BCUT2D eigenvalue weighted by Crippen LogP contribution is -2.25. The molecule has 2 aliphatic rings. The van der Waals surface area contributed by atoms with Crippen molar-refractivity contribution in [3.8, 4) is 44.8 Å². The van der Waals surface area contributed by atoms with Gasteiger partial charge in [-0.15, -0.1) is 0 Å². The van der Waals surface area contributed by atoms with Crippen LogP contribution in [-0.4, -0.2) is 24.1 Å². The molecule has 5 nitrogen and oxygen atoms in total. The maximum absolute atomic E-state index is 5.00. The van der Waals surface area contributed by atoms with E-state index >= 15 is 0 Å². The highest BCUT2D eigenvalue weighted by Crippen LogP contribution is 2.63. The van der Waals surface area contributed by atoms with Crippen LogP contribution < -0.4 is 0 Å². The molecule has 0 atom stereocenters. The second kappa shape index (κ2) is 11.2. The van der Waals surface area contributed by atoms with E-state index in [2.05, 4.69) is 171 Å². The van der Waals surface area contributed by atoms with Crippen molar-refractivity contribution in [2.45, 2.75) is 5.41 Å². The largest absolute Gasteiger partial charge is 0.309 e. The predicted molar refractivity (Wildman–Crippen MR) is 230 cm³/mol. The Kier molecular flexibility index (Phi) is 6.04. The van der Waals surface area contributed by atoms with Gasteiger partial charge in [-0.25, -0.2) is 0 Å². The lowest BCUT2D eigenvalue weighted by molar-refractivity contribution is 0.794. The molecule has 0 saturated carbocycles. The normalized spacial score (nSPS) is 13.4. The van der Waals surface area contributed by atoms with Gasteiger partial charge < -0.3 is 9.13 Å². The van der Waals surface area contributed by atoms with Gasteiger partial charge in [-0.1, -0.05) is 97.1 Å². The summed E-state index contributed by atoms with van der Waals surface area (Å²) in [6.07, 6.45) is 9.47. The summed E-state index contributed by atoms with van der Waals surface area (Å²) in [5.41, 5.74) is 20.2. The van der Waals surface area contributed by atoms with E-state index in [4.69, 9.17) is 4.98 Å². The van der Waals surface area contributed by atoms with Crippen LogP contribution in [0.4, 0.5) is 0 Å². The van der Waals surface area contributed by atoms with Crippen molar-refractivity contribution in [1.82, 2.24) is 24.1 Å². The number of nitrogens with zero attached hydrogens (tertiary/aromatic N) is 5. The standard InChI is InChI=1S/C52H31N5/c1-4-11-43-36(8-1)37-9-2-5-12-44(37)52(43)45-13-6-3-10-38(45)39-28-40-50(29-46(39)52)57(49-14-7-25-55-51(40)49)35-21-17-33(18-22-35)32-15-19-34(20-16-32)56-47-23-26-53-30-41(47)42-31-54-27-24-48(42)56/h1-31H. The number of aromatic nitrogens is 5. The Morgan fingerprint density at radius 1 is 0.368 bits per heavy atom. The highest BCUT2D eigenvalue weighted by atomic mass is 15.0. The Bertz CT molecular complexity index is 3360. The first-order valence-corrected chi connectivity index (χ1v) is 19.4. The highest BCUT2D eigenvalue weighted by molar-refractivity contribution is 6.11. The van der Waals surface area contributed by atoms with Gasteiger partial charge in [0.25, 0.3) is 0 Å². The van der Waals surface area contributed by atoms with Crippen LogP contribution in [-0.2, 0) is 5.41 Å². The summed E-state index contributed by atoms with van der Waals surface area (Å²) in [5, 5.41) is 3.36. The van der Waals surface area contributed by atoms with Crippen molar-refractivity contribution in [1.29, 1.82) is 0 Å². The zero-order chi connectivity index (χ0) is 37.2. The van der Waals surface area contributed by atoms with Crippen LogP contribution in [0.1, 0.15) is 22.3 Å². The molecule has 6 aromatic carbocycles. The number of benzene rings is 6. The number of fused-ring (bicyclic) bond motifs is 16. The highest BCUT2D eigenvalue weighted by Gasteiger charge is 2.51. The zero-order valence-corrected chi connectivity index (χ0v) is 30.6. The Balaban J connectivity index is 0.969. The molecule has 264 valence electrons. The van der Waals surface area contributed by atoms with E-state index in [9.17, 15) is 0 Å². The van der Waals surface area contributed by atoms with Crippen molar-refractivity contribution < 1.29 is 0 Å². The molecule has 0 amide bonds. The lowest BCUT2D eigenvalue weighted by atomic mass is 9.70. The third-order valence-electron chi connectivity index (χ3n) is 12.6. The molecule has 1 spiro atoms. The molecule has 0 bridgehead atoms. The second-order valence-corrected chi connectivity index (χ2v) is 15.2. The minimum Gasteiger partial charge on any atom is -0.309 e. The van der Waals surface area contributed by atoms with Crippen LogP contribution in [0.15, 0.2) is 189 Å². The molecule has 0 N–H and O–H groups in total. The van der Waals surface area contributed by atoms with Crippen molar-refractivity contribution in [2.24, 2.45) is 0 Å². The van der Waals surface area contributed by atoms with Gasteiger partial charge in [0.1, 0.15) is 0 Å². The van der Waals surface area contributed by atoms with E-state index in [1.165, 1.54) is 44.5 Å². The third-order valence-corrected chi connectivity index (χ3v) is 12.6. The van der Waals surface area contributed by atoms with Crippen molar-refractivity contribution >= 4 is 43.7 Å². The Hall–Kier alpha value is -7.63.